The summed E-state index contributed by atoms with van der Waals surface area (Å²) < 4.78 is 12.8. The third-order valence-corrected chi connectivity index (χ3v) is 7.01. The van der Waals surface area contributed by atoms with E-state index in [0.29, 0.717) is 37.3 Å². The number of carbonyl (C=O) groups excluding carboxylic acids is 2. The largest absolute Gasteiger partial charge is 0.493 e. The molecule has 4 rings (SSSR count). The monoisotopic (exact) mass is 463 g/mol. The van der Waals surface area contributed by atoms with Crippen LogP contribution in [0.2, 0.25) is 0 Å². The average Bonchev–Trinajstić information content (AvgIpc) is 3.24. The highest BCUT2D eigenvalue weighted by atomic mass is 16.5. The summed E-state index contributed by atoms with van der Waals surface area (Å²) in [6.45, 7) is 0.449. The highest BCUT2D eigenvalue weighted by Gasteiger charge is 2.44. The summed E-state index contributed by atoms with van der Waals surface area (Å²) in [7, 11) is 5.21. The molecule has 1 saturated carbocycles. The van der Waals surface area contributed by atoms with Gasteiger partial charge in [-0.15, -0.1) is 0 Å². The van der Waals surface area contributed by atoms with Crippen molar-refractivity contribution in [3.8, 4) is 11.5 Å². The number of aryl methyl sites for hydroxylation is 1. The third kappa shape index (κ3) is 4.60. The van der Waals surface area contributed by atoms with Crippen molar-refractivity contribution in [1.82, 2.24) is 9.47 Å². The average molecular weight is 464 g/mol. The predicted molar refractivity (Wildman–Crippen MR) is 133 cm³/mol. The molecule has 1 aliphatic carbocycles. The zero-order chi connectivity index (χ0) is 24.1. The van der Waals surface area contributed by atoms with Crippen LogP contribution in [-0.4, -0.2) is 48.1 Å². The molecule has 2 amide bonds. The van der Waals surface area contributed by atoms with Crippen LogP contribution < -0.4 is 14.8 Å². The van der Waals surface area contributed by atoms with Gasteiger partial charge in [0.2, 0.25) is 12.3 Å². The van der Waals surface area contributed by atoms with Gasteiger partial charge in [-0.2, -0.15) is 0 Å². The van der Waals surface area contributed by atoms with Crippen LogP contribution in [0.25, 0.3) is 10.9 Å². The number of carbonyl (C=O) groups is 2. The molecule has 1 fully saturated rings. The standard InChI is InChI=1S/C27H33N3O4/c1-29-15-12-21-18-22(8-9-23(21)29)28-26(32)27(13-5-4-6-14-27)30(19-31)16-11-20-7-10-24(33-2)25(17-20)34-3/h7-10,12,15,17-19H,4-6,11,13-14,16H2,1-3H3,(H,28,32). The minimum atomic E-state index is -0.845. The Morgan fingerprint density at radius 3 is 2.53 bits per heavy atom. The predicted octanol–water partition coefficient (Wildman–Crippen LogP) is 4.54. The molecule has 7 nitrogen and oxygen atoms in total. The number of nitrogens with zero attached hydrogens (tertiary/aromatic N) is 2. The normalized spacial score (nSPS) is 15.0. The second-order valence-electron chi connectivity index (χ2n) is 8.98. The number of ether oxygens (including phenoxy) is 2. The fourth-order valence-corrected chi connectivity index (χ4v) is 5.04. The lowest BCUT2D eigenvalue weighted by molar-refractivity contribution is -0.139. The molecule has 0 unspecified atom stereocenters. The molecule has 0 saturated heterocycles. The lowest BCUT2D eigenvalue weighted by Crippen LogP contribution is -2.58. The number of aromatic nitrogens is 1. The molecule has 7 heteroatoms. The number of nitrogens with one attached hydrogen (secondary N) is 1. The Bertz CT molecular complexity index is 1160. The summed E-state index contributed by atoms with van der Waals surface area (Å²) in [6, 6.07) is 13.7. The maximum Gasteiger partial charge on any atom is 0.250 e. The van der Waals surface area contributed by atoms with E-state index < -0.39 is 5.54 Å². The van der Waals surface area contributed by atoms with E-state index in [9.17, 15) is 9.59 Å². The van der Waals surface area contributed by atoms with Crippen molar-refractivity contribution in [3.63, 3.8) is 0 Å². The van der Waals surface area contributed by atoms with Gasteiger partial charge >= 0.3 is 0 Å². The fraction of sp³-hybridized carbons (Fsp3) is 0.407. The number of methoxy groups -OCH3 is 2. The van der Waals surface area contributed by atoms with E-state index in [1.807, 2.05) is 60.3 Å². The number of hydrogen-bond acceptors (Lipinski definition) is 4. The molecular formula is C27H33N3O4. The molecule has 0 radical (unpaired) electrons. The molecule has 34 heavy (non-hydrogen) atoms. The summed E-state index contributed by atoms with van der Waals surface area (Å²) in [5.41, 5.74) is 2.03. The summed E-state index contributed by atoms with van der Waals surface area (Å²) in [6.07, 6.45) is 7.70. The maximum atomic E-state index is 13.7. The van der Waals surface area contributed by atoms with Crippen LogP contribution in [0, 0.1) is 0 Å². The fourth-order valence-electron chi connectivity index (χ4n) is 5.04. The van der Waals surface area contributed by atoms with Crippen LogP contribution in [0.5, 0.6) is 11.5 Å². The van der Waals surface area contributed by atoms with E-state index in [2.05, 4.69) is 5.32 Å². The number of fused-ring (bicyclic) bond motifs is 1. The Morgan fingerprint density at radius 1 is 1.06 bits per heavy atom. The van der Waals surface area contributed by atoms with E-state index >= 15 is 0 Å². The second kappa shape index (κ2) is 10.2. The number of amides is 2. The summed E-state index contributed by atoms with van der Waals surface area (Å²) in [5.74, 6) is 1.21. The van der Waals surface area contributed by atoms with Gasteiger partial charge in [0.1, 0.15) is 5.54 Å². The number of benzene rings is 2. The molecular weight excluding hydrogens is 430 g/mol. The number of rotatable bonds is 9. The van der Waals surface area contributed by atoms with Crippen molar-refractivity contribution < 1.29 is 19.1 Å². The van der Waals surface area contributed by atoms with Gasteiger partial charge in [0.05, 0.1) is 14.2 Å². The highest BCUT2D eigenvalue weighted by Crippen LogP contribution is 2.35. The Balaban J connectivity index is 1.54. The third-order valence-electron chi connectivity index (χ3n) is 7.01. The first kappa shape index (κ1) is 23.7. The van der Waals surface area contributed by atoms with E-state index in [1.54, 1.807) is 19.1 Å². The van der Waals surface area contributed by atoms with E-state index in [-0.39, 0.29) is 5.91 Å². The second-order valence-corrected chi connectivity index (χ2v) is 8.98. The lowest BCUT2D eigenvalue weighted by Gasteiger charge is -2.43. The van der Waals surface area contributed by atoms with Gasteiger partial charge in [-0.3, -0.25) is 9.59 Å². The first-order valence-electron chi connectivity index (χ1n) is 11.8. The Hall–Kier alpha value is -3.48. The molecule has 1 aliphatic rings. The first-order chi connectivity index (χ1) is 16.5. The molecule has 2 aromatic carbocycles. The molecule has 1 aromatic heterocycles. The van der Waals surface area contributed by atoms with Gasteiger partial charge in [0.15, 0.2) is 11.5 Å². The van der Waals surface area contributed by atoms with Crippen molar-refractivity contribution in [2.75, 3.05) is 26.1 Å². The van der Waals surface area contributed by atoms with E-state index in [4.69, 9.17) is 9.47 Å². The zero-order valence-electron chi connectivity index (χ0n) is 20.2. The topological polar surface area (TPSA) is 72.8 Å². The van der Waals surface area contributed by atoms with Gasteiger partial charge < -0.3 is 24.3 Å². The van der Waals surface area contributed by atoms with Crippen molar-refractivity contribution in [3.05, 3.63) is 54.2 Å². The molecule has 0 bridgehead atoms. The Labute approximate surface area is 200 Å². The zero-order valence-corrected chi connectivity index (χ0v) is 20.2. The Morgan fingerprint density at radius 2 is 1.82 bits per heavy atom. The van der Waals surface area contributed by atoms with Crippen LogP contribution in [-0.2, 0) is 23.1 Å². The van der Waals surface area contributed by atoms with Gasteiger partial charge in [0, 0.05) is 36.4 Å². The molecule has 180 valence electrons. The van der Waals surface area contributed by atoms with Gasteiger partial charge in [-0.05, 0) is 61.2 Å². The minimum absolute atomic E-state index is 0.109. The summed E-state index contributed by atoms with van der Waals surface area (Å²) >= 11 is 0. The Kier molecular flexibility index (Phi) is 7.10. The molecule has 3 aromatic rings. The summed E-state index contributed by atoms with van der Waals surface area (Å²) in [4.78, 5) is 27.7. The molecule has 1 N–H and O–H groups in total. The van der Waals surface area contributed by atoms with Crippen molar-refractivity contribution >= 4 is 28.9 Å². The van der Waals surface area contributed by atoms with Crippen LogP contribution >= 0.6 is 0 Å². The van der Waals surface area contributed by atoms with Crippen molar-refractivity contribution in [2.45, 2.75) is 44.1 Å². The first-order valence-corrected chi connectivity index (χ1v) is 11.8. The van der Waals surface area contributed by atoms with Crippen LogP contribution in [0.1, 0.15) is 37.7 Å². The van der Waals surface area contributed by atoms with Gasteiger partial charge in [-0.25, -0.2) is 0 Å². The van der Waals surface area contributed by atoms with Crippen LogP contribution in [0.4, 0.5) is 5.69 Å². The summed E-state index contributed by atoms with van der Waals surface area (Å²) in [5, 5.41) is 4.18. The lowest BCUT2D eigenvalue weighted by atomic mass is 9.79. The SMILES string of the molecule is COc1ccc(CCN(C=O)C2(C(=O)Nc3ccc4c(ccn4C)c3)CCCCC2)cc1OC. The quantitative estimate of drug-likeness (QED) is 0.473. The number of anilines is 1. The number of hydrogen-bond donors (Lipinski definition) is 1. The van der Waals surface area contributed by atoms with E-state index in [0.717, 1.165) is 47.8 Å². The van der Waals surface area contributed by atoms with Crippen molar-refractivity contribution in [2.24, 2.45) is 7.05 Å². The molecule has 0 aliphatic heterocycles. The minimum Gasteiger partial charge on any atom is -0.493 e. The molecule has 0 atom stereocenters. The molecule has 1 heterocycles. The highest BCUT2D eigenvalue weighted by molar-refractivity contribution is 6.00. The van der Waals surface area contributed by atoms with Gasteiger partial charge in [-0.1, -0.05) is 25.3 Å². The molecule has 0 spiro atoms. The van der Waals surface area contributed by atoms with Crippen LogP contribution in [0.3, 0.4) is 0 Å². The van der Waals surface area contributed by atoms with Gasteiger partial charge in [0.25, 0.3) is 0 Å². The smallest absolute Gasteiger partial charge is 0.250 e. The van der Waals surface area contributed by atoms with Crippen molar-refractivity contribution in [1.29, 1.82) is 0 Å². The van der Waals surface area contributed by atoms with Crippen LogP contribution in [0.15, 0.2) is 48.7 Å². The van der Waals surface area contributed by atoms with E-state index in [1.165, 1.54) is 0 Å². The maximum absolute atomic E-state index is 13.7.